The molecule has 1 aliphatic rings. The minimum atomic E-state index is -0.867. The molecule has 2 aromatic carbocycles. The summed E-state index contributed by atoms with van der Waals surface area (Å²) in [4.78, 5) is 42.8. The summed E-state index contributed by atoms with van der Waals surface area (Å²) in [6.45, 7) is 1.65. The number of carbonyl (C=O) groups is 2. The van der Waals surface area contributed by atoms with Crippen LogP contribution in [-0.4, -0.2) is 30.7 Å². The highest BCUT2D eigenvalue weighted by Gasteiger charge is 2.33. The van der Waals surface area contributed by atoms with Crippen LogP contribution in [0.1, 0.15) is 34.5 Å². The molecular formula is C24H18ClFN2O5S. The molecule has 34 heavy (non-hydrogen) atoms. The molecular weight excluding hydrogens is 483 g/mol. The van der Waals surface area contributed by atoms with E-state index >= 15 is 0 Å². The average Bonchev–Trinajstić information content (AvgIpc) is 3.14. The lowest BCUT2D eigenvalue weighted by Gasteiger charge is -2.24. The zero-order valence-electron chi connectivity index (χ0n) is 18.3. The fourth-order valence-corrected chi connectivity index (χ4v) is 4.95. The van der Waals surface area contributed by atoms with Crippen molar-refractivity contribution in [2.75, 3.05) is 14.2 Å². The standard InChI is InChI=1S/C24H18ClFN2O5S/c1-12-19(23(31)33-3)20(13-7-9-14(10-8-13)22(30)32-2)28-21(29)18(34-24(28)27-12)11-15-16(25)5-4-6-17(15)26/h4-11,20H,1-3H3. The number of fused-ring (bicyclic) bond motifs is 1. The summed E-state index contributed by atoms with van der Waals surface area (Å²) in [5.74, 6) is -1.73. The first kappa shape index (κ1) is 23.6. The Morgan fingerprint density at radius 3 is 2.41 bits per heavy atom. The monoisotopic (exact) mass is 500 g/mol. The van der Waals surface area contributed by atoms with Gasteiger partial charge in [0.05, 0.1) is 46.7 Å². The van der Waals surface area contributed by atoms with Gasteiger partial charge in [-0.3, -0.25) is 9.36 Å². The van der Waals surface area contributed by atoms with Crippen LogP contribution in [0.4, 0.5) is 4.39 Å². The van der Waals surface area contributed by atoms with E-state index in [0.29, 0.717) is 21.6 Å². The van der Waals surface area contributed by atoms with Crippen molar-refractivity contribution < 1.29 is 23.5 Å². The van der Waals surface area contributed by atoms with Crippen LogP contribution in [0.25, 0.3) is 6.08 Å². The summed E-state index contributed by atoms with van der Waals surface area (Å²) in [7, 11) is 2.52. The lowest BCUT2D eigenvalue weighted by Crippen LogP contribution is -2.39. The maximum Gasteiger partial charge on any atom is 0.338 e. The Morgan fingerprint density at radius 1 is 1.12 bits per heavy atom. The average molecular weight is 501 g/mol. The Hall–Kier alpha value is -3.56. The Morgan fingerprint density at radius 2 is 1.79 bits per heavy atom. The van der Waals surface area contributed by atoms with E-state index in [4.69, 9.17) is 21.1 Å². The van der Waals surface area contributed by atoms with Crippen molar-refractivity contribution in [1.29, 1.82) is 0 Å². The summed E-state index contributed by atoms with van der Waals surface area (Å²) in [6, 6.07) is 9.72. The SMILES string of the molecule is COC(=O)C1=C(C)N=c2sc(=Cc3c(F)cccc3Cl)c(=O)n2C1c1ccc(C(=O)OC)cc1. The maximum atomic E-state index is 14.4. The van der Waals surface area contributed by atoms with E-state index in [1.807, 2.05) is 0 Å². The first-order valence-electron chi connectivity index (χ1n) is 10.00. The van der Waals surface area contributed by atoms with Crippen molar-refractivity contribution in [2.45, 2.75) is 13.0 Å². The number of allylic oxidation sites excluding steroid dienone is 1. The van der Waals surface area contributed by atoms with Gasteiger partial charge >= 0.3 is 11.9 Å². The van der Waals surface area contributed by atoms with Crippen molar-refractivity contribution in [3.05, 3.63) is 101 Å². The van der Waals surface area contributed by atoms with E-state index in [-0.39, 0.29) is 20.7 Å². The molecule has 0 saturated carbocycles. The third-order valence-electron chi connectivity index (χ3n) is 5.35. The van der Waals surface area contributed by atoms with Crippen LogP contribution in [0, 0.1) is 5.82 Å². The fraction of sp³-hybridized carbons (Fsp3) is 0.167. The summed E-state index contributed by atoms with van der Waals surface area (Å²) in [6.07, 6.45) is 1.37. The largest absolute Gasteiger partial charge is 0.466 e. The Kier molecular flexibility index (Phi) is 6.49. The molecule has 7 nitrogen and oxygen atoms in total. The molecule has 2 heterocycles. The summed E-state index contributed by atoms with van der Waals surface area (Å²) in [5.41, 5.74) is 1.03. The lowest BCUT2D eigenvalue weighted by molar-refractivity contribution is -0.136. The maximum absolute atomic E-state index is 14.4. The Bertz CT molecular complexity index is 1500. The molecule has 0 bridgehead atoms. The van der Waals surface area contributed by atoms with Crippen LogP contribution >= 0.6 is 22.9 Å². The molecule has 0 radical (unpaired) electrons. The van der Waals surface area contributed by atoms with Crippen molar-refractivity contribution in [3.63, 3.8) is 0 Å². The summed E-state index contributed by atoms with van der Waals surface area (Å²) < 4.78 is 25.6. The molecule has 0 amide bonds. The highest BCUT2D eigenvalue weighted by molar-refractivity contribution is 7.07. The third kappa shape index (κ3) is 4.08. The highest BCUT2D eigenvalue weighted by atomic mass is 35.5. The predicted octanol–water partition coefficient (Wildman–Crippen LogP) is 2.99. The van der Waals surface area contributed by atoms with Crippen LogP contribution < -0.4 is 14.9 Å². The topological polar surface area (TPSA) is 87.0 Å². The number of methoxy groups -OCH3 is 2. The number of halogens is 2. The molecule has 0 saturated heterocycles. The molecule has 4 rings (SSSR count). The zero-order valence-corrected chi connectivity index (χ0v) is 19.9. The van der Waals surface area contributed by atoms with Crippen LogP contribution in [0.15, 0.2) is 63.5 Å². The highest BCUT2D eigenvalue weighted by Crippen LogP contribution is 2.31. The van der Waals surface area contributed by atoms with Gasteiger partial charge in [-0.05, 0) is 42.8 Å². The van der Waals surface area contributed by atoms with E-state index in [0.717, 1.165) is 11.3 Å². The molecule has 1 atom stereocenters. The first-order valence-corrected chi connectivity index (χ1v) is 11.2. The summed E-state index contributed by atoms with van der Waals surface area (Å²) in [5, 5.41) is 0.159. The minimum absolute atomic E-state index is 0.0808. The number of aromatic nitrogens is 1. The molecule has 0 aliphatic carbocycles. The normalized spacial score (nSPS) is 15.6. The second-order valence-corrected chi connectivity index (χ2v) is 8.74. The van der Waals surface area contributed by atoms with Gasteiger partial charge in [-0.25, -0.2) is 19.0 Å². The van der Waals surface area contributed by atoms with Crippen molar-refractivity contribution in [2.24, 2.45) is 4.99 Å². The van der Waals surface area contributed by atoms with Gasteiger partial charge in [0.1, 0.15) is 5.82 Å². The predicted molar refractivity (Wildman–Crippen MR) is 125 cm³/mol. The summed E-state index contributed by atoms with van der Waals surface area (Å²) >= 11 is 7.19. The third-order valence-corrected chi connectivity index (χ3v) is 6.66. The van der Waals surface area contributed by atoms with E-state index in [1.54, 1.807) is 31.2 Å². The number of ether oxygens (including phenoxy) is 2. The van der Waals surface area contributed by atoms with E-state index in [1.165, 1.54) is 43.1 Å². The number of hydrogen-bond donors (Lipinski definition) is 0. The molecule has 1 unspecified atom stereocenters. The molecule has 1 aromatic heterocycles. The molecule has 0 N–H and O–H groups in total. The lowest BCUT2D eigenvalue weighted by atomic mass is 9.95. The number of esters is 2. The van der Waals surface area contributed by atoms with Gasteiger partial charge in [0.25, 0.3) is 5.56 Å². The molecule has 1 aliphatic heterocycles. The van der Waals surface area contributed by atoms with Gasteiger partial charge in [0.15, 0.2) is 4.80 Å². The van der Waals surface area contributed by atoms with Crippen molar-refractivity contribution in [1.82, 2.24) is 4.57 Å². The molecule has 3 aromatic rings. The number of rotatable bonds is 4. The number of thiazole rings is 1. The number of carbonyl (C=O) groups excluding carboxylic acids is 2. The van der Waals surface area contributed by atoms with Gasteiger partial charge in [0.2, 0.25) is 0 Å². The second kappa shape index (κ2) is 9.36. The van der Waals surface area contributed by atoms with Crippen molar-refractivity contribution in [3.8, 4) is 0 Å². The van der Waals surface area contributed by atoms with Crippen LogP contribution in [0.3, 0.4) is 0 Å². The van der Waals surface area contributed by atoms with Gasteiger partial charge in [-0.1, -0.05) is 41.1 Å². The zero-order chi connectivity index (χ0) is 24.6. The number of hydrogen-bond acceptors (Lipinski definition) is 7. The second-order valence-electron chi connectivity index (χ2n) is 7.32. The molecule has 10 heteroatoms. The van der Waals surface area contributed by atoms with Crippen molar-refractivity contribution >= 4 is 41.0 Å². The fourth-order valence-electron chi connectivity index (χ4n) is 3.71. The van der Waals surface area contributed by atoms with Gasteiger partial charge in [0, 0.05) is 5.56 Å². The smallest absolute Gasteiger partial charge is 0.338 e. The molecule has 0 fully saturated rings. The van der Waals surface area contributed by atoms with Gasteiger partial charge in [-0.15, -0.1) is 0 Å². The van der Waals surface area contributed by atoms with E-state index in [9.17, 15) is 18.8 Å². The Balaban J connectivity index is 1.96. The minimum Gasteiger partial charge on any atom is -0.466 e. The van der Waals surface area contributed by atoms with Gasteiger partial charge < -0.3 is 9.47 Å². The quantitative estimate of drug-likeness (QED) is 0.514. The van der Waals surface area contributed by atoms with Crippen LogP contribution in [0.2, 0.25) is 5.02 Å². The molecule has 174 valence electrons. The van der Waals surface area contributed by atoms with Crippen LogP contribution in [0.5, 0.6) is 0 Å². The van der Waals surface area contributed by atoms with Gasteiger partial charge in [-0.2, -0.15) is 0 Å². The Labute approximate surface area is 202 Å². The molecule has 0 spiro atoms. The van der Waals surface area contributed by atoms with E-state index in [2.05, 4.69) is 4.99 Å². The number of nitrogens with zero attached hydrogens (tertiary/aromatic N) is 2. The van der Waals surface area contributed by atoms with E-state index < -0.39 is 29.4 Å². The van der Waals surface area contributed by atoms with Crippen LogP contribution in [-0.2, 0) is 14.3 Å². The number of benzene rings is 2. The first-order chi connectivity index (χ1) is 16.3.